The molecule has 0 fully saturated rings. The Balaban J connectivity index is 2.15. The molecule has 0 atom stereocenters. The topological polar surface area (TPSA) is 78.4 Å². The van der Waals surface area contributed by atoms with E-state index in [9.17, 15) is 4.79 Å². The van der Waals surface area contributed by atoms with Crippen LogP contribution in [0.4, 0.5) is 0 Å². The van der Waals surface area contributed by atoms with Crippen LogP contribution in [0.3, 0.4) is 0 Å². The molecule has 0 saturated carbocycles. The number of ether oxygens (including phenoxy) is 4. The van der Waals surface area contributed by atoms with Crippen LogP contribution in [-0.4, -0.2) is 38.5 Å². The molecule has 0 unspecified atom stereocenters. The molecule has 8 heteroatoms. The number of nitrogens with one attached hydrogen (secondary N) is 1. The van der Waals surface area contributed by atoms with Crippen LogP contribution in [0.1, 0.15) is 36.7 Å². The molecule has 0 aromatic heterocycles. The summed E-state index contributed by atoms with van der Waals surface area (Å²) >= 11 is 3.48. The fraction of sp³-hybridized carbons (Fsp3) is 0.304. The molecule has 0 aliphatic heterocycles. The van der Waals surface area contributed by atoms with Gasteiger partial charge in [0.15, 0.2) is 23.0 Å². The maximum absolute atomic E-state index is 12.5. The Morgan fingerprint density at radius 2 is 1.68 bits per heavy atom. The molecule has 2 rings (SSSR count). The quantitative estimate of drug-likeness (QED) is 0.258. The van der Waals surface area contributed by atoms with E-state index < -0.39 is 0 Å². The molecule has 0 aliphatic carbocycles. The summed E-state index contributed by atoms with van der Waals surface area (Å²) in [6, 6.07) is 8.61. The van der Waals surface area contributed by atoms with Crippen molar-refractivity contribution in [3.8, 4) is 23.0 Å². The standard InChI is InChI=1S/C23H27BrN2O5/c1-5-11-31-22-18(24)12-16(13-21(22)30-8-4)15-25-26-23(27)17-9-10-19(28-6-2)20(14-17)29-7-3/h5,9-10,12-15H,1,6-8,11H2,2-4H3,(H,26,27)/b25-15+. The number of amides is 1. The van der Waals surface area contributed by atoms with Gasteiger partial charge in [0.1, 0.15) is 6.61 Å². The first-order valence-electron chi connectivity index (χ1n) is 9.97. The maximum Gasteiger partial charge on any atom is 0.271 e. The highest BCUT2D eigenvalue weighted by atomic mass is 79.9. The van der Waals surface area contributed by atoms with E-state index in [4.69, 9.17) is 18.9 Å². The van der Waals surface area contributed by atoms with Crippen LogP contribution >= 0.6 is 15.9 Å². The van der Waals surface area contributed by atoms with Gasteiger partial charge in [-0.25, -0.2) is 5.43 Å². The molecular weight excluding hydrogens is 464 g/mol. The molecule has 0 bridgehead atoms. The minimum Gasteiger partial charge on any atom is -0.490 e. The molecule has 2 aromatic carbocycles. The SMILES string of the molecule is C=CCOc1c(Br)cc(/C=N/NC(=O)c2ccc(OCC)c(OCC)c2)cc1OCC. The minimum atomic E-state index is -0.365. The van der Waals surface area contributed by atoms with Crippen molar-refractivity contribution < 1.29 is 23.7 Å². The van der Waals surface area contributed by atoms with Crippen LogP contribution in [0.25, 0.3) is 0 Å². The van der Waals surface area contributed by atoms with Gasteiger partial charge in [0.2, 0.25) is 0 Å². The van der Waals surface area contributed by atoms with Crippen LogP contribution in [-0.2, 0) is 0 Å². The first kappa shape index (κ1) is 24.3. The second kappa shape index (κ2) is 12.6. The highest BCUT2D eigenvalue weighted by Crippen LogP contribution is 2.36. The van der Waals surface area contributed by atoms with Gasteiger partial charge in [0, 0.05) is 5.56 Å². The summed E-state index contributed by atoms with van der Waals surface area (Å²) in [7, 11) is 0. The second-order valence-corrected chi connectivity index (χ2v) is 6.94. The average Bonchev–Trinajstić information content (AvgIpc) is 2.75. The lowest BCUT2D eigenvalue weighted by molar-refractivity contribution is 0.0954. The van der Waals surface area contributed by atoms with Gasteiger partial charge in [0.05, 0.1) is 30.5 Å². The largest absolute Gasteiger partial charge is 0.490 e. The molecule has 0 spiro atoms. The molecule has 1 N–H and O–H groups in total. The molecule has 1 amide bonds. The molecule has 0 radical (unpaired) electrons. The second-order valence-electron chi connectivity index (χ2n) is 6.09. The maximum atomic E-state index is 12.5. The molecular formula is C23H27BrN2O5. The van der Waals surface area contributed by atoms with E-state index in [1.54, 1.807) is 30.3 Å². The smallest absolute Gasteiger partial charge is 0.271 e. The third-order valence-corrected chi connectivity index (χ3v) is 4.45. The Bertz CT molecular complexity index is 930. The van der Waals surface area contributed by atoms with Gasteiger partial charge in [-0.1, -0.05) is 12.7 Å². The Kier molecular flexibility index (Phi) is 9.90. The van der Waals surface area contributed by atoms with Crippen molar-refractivity contribution in [1.29, 1.82) is 0 Å². The first-order valence-corrected chi connectivity index (χ1v) is 10.8. The third kappa shape index (κ3) is 7.03. The number of nitrogens with zero attached hydrogens (tertiary/aromatic N) is 1. The summed E-state index contributed by atoms with van der Waals surface area (Å²) in [5.74, 6) is 1.90. The van der Waals surface area contributed by atoms with E-state index in [2.05, 4.69) is 33.0 Å². The Hall–Kier alpha value is -3.00. The Morgan fingerprint density at radius 3 is 2.35 bits per heavy atom. The lowest BCUT2D eigenvalue weighted by atomic mass is 10.2. The predicted molar refractivity (Wildman–Crippen MR) is 125 cm³/mol. The number of carbonyl (C=O) groups is 1. The van der Waals surface area contributed by atoms with E-state index in [0.717, 1.165) is 5.56 Å². The summed E-state index contributed by atoms with van der Waals surface area (Å²) in [5.41, 5.74) is 3.66. The van der Waals surface area contributed by atoms with Gasteiger partial charge in [-0.2, -0.15) is 5.10 Å². The van der Waals surface area contributed by atoms with Gasteiger partial charge in [-0.15, -0.1) is 0 Å². The zero-order chi connectivity index (χ0) is 22.6. The van der Waals surface area contributed by atoms with Crippen molar-refractivity contribution >= 4 is 28.1 Å². The summed E-state index contributed by atoms with van der Waals surface area (Å²) in [4.78, 5) is 12.5. The van der Waals surface area contributed by atoms with Crippen molar-refractivity contribution in [2.24, 2.45) is 5.10 Å². The monoisotopic (exact) mass is 490 g/mol. The van der Waals surface area contributed by atoms with Crippen molar-refractivity contribution in [1.82, 2.24) is 5.43 Å². The number of hydrogen-bond acceptors (Lipinski definition) is 6. The van der Waals surface area contributed by atoms with Crippen LogP contribution in [0.5, 0.6) is 23.0 Å². The normalized spacial score (nSPS) is 10.6. The lowest BCUT2D eigenvalue weighted by Gasteiger charge is -2.13. The summed E-state index contributed by atoms with van der Waals surface area (Å²) in [6.45, 7) is 11.1. The van der Waals surface area contributed by atoms with Crippen LogP contribution < -0.4 is 24.4 Å². The highest BCUT2D eigenvalue weighted by Gasteiger charge is 2.13. The van der Waals surface area contributed by atoms with E-state index >= 15 is 0 Å². The summed E-state index contributed by atoms with van der Waals surface area (Å²) in [5, 5.41) is 4.06. The highest BCUT2D eigenvalue weighted by molar-refractivity contribution is 9.10. The van der Waals surface area contributed by atoms with Crippen LogP contribution in [0.15, 0.2) is 52.6 Å². The number of carbonyl (C=O) groups excluding carboxylic acids is 1. The number of benzene rings is 2. The van der Waals surface area contributed by atoms with Gasteiger partial charge in [-0.05, 0) is 72.6 Å². The van der Waals surface area contributed by atoms with E-state index in [-0.39, 0.29) is 5.91 Å². The van der Waals surface area contributed by atoms with Crippen LogP contribution in [0.2, 0.25) is 0 Å². The van der Waals surface area contributed by atoms with Gasteiger partial charge in [-0.3, -0.25) is 4.79 Å². The summed E-state index contributed by atoms with van der Waals surface area (Å²) in [6.07, 6.45) is 3.19. The number of hydrazone groups is 1. The zero-order valence-corrected chi connectivity index (χ0v) is 19.5. The van der Waals surface area contributed by atoms with Gasteiger partial charge in [0.25, 0.3) is 5.91 Å². The Labute approximate surface area is 191 Å². The van der Waals surface area contributed by atoms with Gasteiger partial charge < -0.3 is 18.9 Å². The lowest BCUT2D eigenvalue weighted by Crippen LogP contribution is -2.17. The van der Waals surface area contributed by atoms with Crippen molar-refractivity contribution in [2.75, 3.05) is 26.4 Å². The number of hydrogen-bond donors (Lipinski definition) is 1. The molecule has 31 heavy (non-hydrogen) atoms. The fourth-order valence-electron chi connectivity index (χ4n) is 2.63. The Morgan fingerprint density at radius 1 is 1.00 bits per heavy atom. The average molecular weight is 491 g/mol. The van der Waals surface area contributed by atoms with Crippen molar-refractivity contribution in [2.45, 2.75) is 20.8 Å². The molecule has 0 heterocycles. The fourth-order valence-corrected chi connectivity index (χ4v) is 3.20. The molecule has 7 nitrogen and oxygen atoms in total. The predicted octanol–water partition coefficient (Wildman–Crippen LogP) is 4.97. The zero-order valence-electron chi connectivity index (χ0n) is 17.9. The molecule has 2 aromatic rings. The molecule has 0 saturated heterocycles. The third-order valence-electron chi connectivity index (χ3n) is 3.86. The molecule has 166 valence electrons. The minimum absolute atomic E-state index is 0.355. The molecule has 0 aliphatic rings. The van der Waals surface area contributed by atoms with E-state index in [0.29, 0.717) is 59.5 Å². The van der Waals surface area contributed by atoms with Crippen molar-refractivity contribution in [3.63, 3.8) is 0 Å². The number of rotatable bonds is 12. The number of halogens is 1. The van der Waals surface area contributed by atoms with E-state index in [1.807, 2.05) is 26.8 Å². The first-order chi connectivity index (χ1) is 15.0. The summed E-state index contributed by atoms with van der Waals surface area (Å²) < 4.78 is 23.1. The van der Waals surface area contributed by atoms with E-state index in [1.165, 1.54) is 6.21 Å². The van der Waals surface area contributed by atoms with Gasteiger partial charge >= 0.3 is 0 Å². The van der Waals surface area contributed by atoms with Crippen LogP contribution in [0, 0.1) is 0 Å². The van der Waals surface area contributed by atoms with Crippen molar-refractivity contribution in [3.05, 3.63) is 58.6 Å².